The Morgan fingerprint density at radius 1 is 1.00 bits per heavy atom. The van der Waals surface area contributed by atoms with Gasteiger partial charge in [0.15, 0.2) is 12.6 Å². The molecule has 116 valence electrons. The van der Waals surface area contributed by atoms with Crippen molar-refractivity contribution in [1.82, 2.24) is 9.36 Å². The lowest BCUT2D eigenvalue weighted by atomic mass is 10.0. The van der Waals surface area contributed by atoms with Crippen LogP contribution in [0.2, 0.25) is 0 Å². The summed E-state index contributed by atoms with van der Waals surface area (Å²) in [5, 5.41) is 0. The lowest BCUT2D eigenvalue weighted by Gasteiger charge is -2.09. The molecule has 23 heavy (non-hydrogen) atoms. The lowest BCUT2D eigenvalue weighted by Crippen LogP contribution is -2.23. The third-order valence-electron chi connectivity index (χ3n) is 3.77. The van der Waals surface area contributed by atoms with Gasteiger partial charge in [-0.25, -0.2) is 9.07 Å². The summed E-state index contributed by atoms with van der Waals surface area (Å²) in [7, 11) is 0. The maximum atomic E-state index is 13.5. The first-order valence-corrected chi connectivity index (χ1v) is 7.18. The summed E-state index contributed by atoms with van der Waals surface area (Å²) in [5.74, 6) is -0.398. The molecule has 0 spiro atoms. The second-order valence-electron chi connectivity index (χ2n) is 5.13. The second-order valence-corrected chi connectivity index (χ2v) is 5.13. The molecule has 0 bridgehead atoms. The van der Waals surface area contributed by atoms with Crippen molar-refractivity contribution >= 4 is 5.78 Å². The number of benzene rings is 2. The molecule has 1 heterocycles. The number of ketones is 1. The van der Waals surface area contributed by atoms with Gasteiger partial charge in [0.1, 0.15) is 5.56 Å². The molecule has 3 rings (SSSR count). The molecule has 0 N–H and O–H groups in total. The third-order valence-corrected chi connectivity index (χ3v) is 3.77. The number of halogens is 1. The van der Waals surface area contributed by atoms with Gasteiger partial charge in [0, 0.05) is 5.56 Å². The molecule has 1 aromatic heterocycles. The van der Waals surface area contributed by atoms with Crippen molar-refractivity contribution in [1.29, 1.82) is 0 Å². The predicted octanol–water partition coefficient (Wildman–Crippen LogP) is 3.11. The minimum atomic E-state index is -0.891. The molecule has 3 aromatic rings. The van der Waals surface area contributed by atoms with Crippen LogP contribution in [0, 0.1) is 6.92 Å². The number of hydrogen-bond donors (Lipinski definition) is 0. The Labute approximate surface area is 132 Å². The van der Waals surface area contributed by atoms with Crippen LogP contribution in [0.4, 0.5) is 4.39 Å². The van der Waals surface area contributed by atoms with E-state index >= 15 is 0 Å². The van der Waals surface area contributed by atoms with Crippen LogP contribution in [0.25, 0.3) is 5.69 Å². The lowest BCUT2D eigenvalue weighted by molar-refractivity contribution is 0.103. The zero-order chi connectivity index (χ0) is 16.4. The first-order chi connectivity index (χ1) is 11.1. The summed E-state index contributed by atoms with van der Waals surface area (Å²) in [6.07, 6.45) is 0. The highest BCUT2D eigenvalue weighted by Crippen LogP contribution is 2.15. The normalized spacial score (nSPS) is 10.7. The summed E-state index contributed by atoms with van der Waals surface area (Å²) in [5.41, 5.74) is 0.724. The van der Waals surface area contributed by atoms with Gasteiger partial charge in [0.2, 0.25) is 0 Å². The number of nitrogens with zero attached hydrogens (tertiary/aromatic N) is 2. The molecule has 0 radical (unpaired) electrons. The Balaban J connectivity index is 2.23. The second kappa shape index (κ2) is 6.04. The monoisotopic (exact) mass is 310 g/mol. The van der Waals surface area contributed by atoms with E-state index in [0.717, 1.165) is 0 Å². The molecule has 0 aliphatic rings. The van der Waals surface area contributed by atoms with Gasteiger partial charge >= 0.3 is 0 Å². The number of rotatable bonds is 4. The van der Waals surface area contributed by atoms with Crippen LogP contribution < -0.4 is 5.56 Å². The van der Waals surface area contributed by atoms with E-state index < -0.39 is 18.1 Å². The van der Waals surface area contributed by atoms with Gasteiger partial charge in [-0.2, -0.15) is 0 Å². The summed E-state index contributed by atoms with van der Waals surface area (Å²) in [4.78, 5) is 25.4. The van der Waals surface area contributed by atoms with Crippen molar-refractivity contribution in [3.8, 4) is 5.69 Å². The van der Waals surface area contributed by atoms with E-state index in [1.54, 1.807) is 67.6 Å². The fourth-order valence-corrected chi connectivity index (χ4v) is 2.61. The molecule has 4 nitrogen and oxygen atoms in total. The van der Waals surface area contributed by atoms with E-state index in [-0.39, 0.29) is 5.56 Å². The smallest absolute Gasteiger partial charge is 0.283 e. The van der Waals surface area contributed by atoms with Crippen molar-refractivity contribution in [2.45, 2.75) is 13.7 Å². The topological polar surface area (TPSA) is 44.0 Å². The van der Waals surface area contributed by atoms with Gasteiger partial charge in [-0.3, -0.25) is 14.3 Å². The Morgan fingerprint density at radius 2 is 1.57 bits per heavy atom. The maximum Gasteiger partial charge on any atom is 0.283 e. The van der Waals surface area contributed by atoms with Gasteiger partial charge in [-0.05, 0) is 19.1 Å². The quantitative estimate of drug-likeness (QED) is 0.695. The van der Waals surface area contributed by atoms with E-state index in [0.29, 0.717) is 16.9 Å². The SMILES string of the molecule is Cc1c(C(=O)c2ccccc2)c(=O)n(-c2ccccc2)n1CF. The van der Waals surface area contributed by atoms with Gasteiger partial charge in [-0.15, -0.1) is 0 Å². The molecule has 0 unspecified atom stereocenters. The number of carbonyl (C=O) groups excluding carboxylic acids is 1. The average Bonchev–Trinajstić information content (AvgIpc) is 2.85. The minimum Gasteiger partial charge on any atom is -0.288 e. The Bertz CT molecular complexity index is 896. The van der Waals surface area contributed by atoms with Gasteiger partial charge in [0.05, 0.1) is 11.4 Å². The van der Waals surface area contributed by atoms with E-state index in [1.807, 2.05) is 0 Å². The molecule has 0 fully saturated rings. The summed E-state index contributed by atoms with van der Waals surface area (Å²) in [6.45, 7) is 0.689. The van der Waals surface area contributed by atoms with E-state index in [4.69, 9.17) is 0 Å². The zero-order valence-corrected chi connectivity index (χ0v) is 12.6. The van der Waals surface area contributed by atoms with E-state index in [1.165, 1.54) is 9.36 Å². The van der Waals surface area contributed by atoms with Crippen LogP contribution in [-0.2, 0) is 6.80 Å². The molecule has 0 saturated carbocycles. The molecular formula is C18H15FN2O2. The van der Waals surface area contributed by atoms with Crippen molar-refractivity contribution in [3.05, 3.63) is 87.8 Å². The highest BCUT2D eigenvalue weighted by molar-refractivity contribution is 6.09. The molecule has 0 aliphatic heterocycles. The molecule has 5 heteroatoms. The molecule has 0 saturated heterocycles. The van der Waals surface area contributed by atoms with Crippen molar-refractivity contribution < 1.29 is 9.18 Å². The Kier molecular flexibility index (Phi) is 3.93. The number of aromatic nitrogens is 2. The van der Waals surface area contributed by atoms with Crippen molar-refractivity contribution in [3.63, 3.8) is 0 Å². The van der Waals surface area contributed by atoms with Crippen molar-refractivity contribution in [2.24, 2.45) is 0 Å². The number of para-hydroxylation sites is 1. The van der Waals surface area contributed by atoms with E-state index in [9.17, 15) is 14.0 Å². The highest BCUT2D eigenvalue weighted by atomic mass is 19.1. The van der Waals surface area contributed by atoms with E-state index in [2.05, 4.69) is 0 Å². The number of hydrogen-bond acceptors (Lipinski definition) is 2. The molecule has 2 aromatic carbocycles. The first kappa shape index (κ1) is 15.0. The van der Waals surface area contributed by atoms with Crippen LogP contribution in [0.1, 0.15) is 21.6 Å². The summed E-state index contributed by atoms with van der Waals surface area (Å²) >= 11 is 0. The fourth-order valence-electron chi connectivity index (χ4n) is 2.61. The molecular weight excluding hydrogens is 295 g/mol. The predicted molar refractivity (Wildman–Crippen MR) is 85.7 cm³/mol. The van der Waals surface area contributed by atoms with Gasteiger partial charge < -0.3 is 0 Å². The molecule has 0 aliphatic carbocycles. The zero-order valence-electron chi connectivity index (χ0n) is 12.6. The van der Waals surface area contributed by atoms with Crippen LogP contribution in [-0.4, -0.2) is 15.1 Å². The van der Waals surface area contributed by atoms with Crippen LogP contribution in [0.3, 0.4) is 0 Å². The third kappa shape index (κ3) is 2.50. The highest BCUT2D eigenvalue weighted by Gasteiger charge is 2.24. The molecule has 0 atom stereocenters. The standard InChI is InChI=1S/C18H15FN2O2/c1-13-16(17(22)14-8-4-2-5-9-14)18(23)21(20(13)12-19)15-10-6-3-7-11-15/h2-11H,12H2,1H3. The summed E-state index contributed by atoms with van der Waals surface area (Å²) in [6, 6.07) is 17.2. The Hall–Kier alpha value is -2.95. The fraction of sp³-hybridized carbons (Fsp3) is 0.111. The molecule has 0 amide bonds. The summed E-state index contributed by atoms with van der Waals surface area (Å²) < 4.78 is 15.9. The minimum absolute atomic E-state index is 0.00213. The van der Waals surface area contributed by atoms with Crippen molar-refractivity contribution in [2.75, 3.05) is 0 Å². The van der Waals surface area contributed by atoms with Crippen LogP contribution in [0.5, 0.6) is 0 Å². The largest absolute Gasteiger partial charge is 0.288 e. The van der Waals surface area contributed by atoms with Crippen LogP contribution in [0.15, 0.2) is 65.5 Å². The average molecular weight is 310 g/mol. The number of alkyl halides is 1. The van der Waals surface area contributed by atoms with Gasteiger partial charge in [0.25, 0.3) is 5.56 Å². The number of carbonyl (C=O) groups is 1. The maximum absolute atomic E-state index is 13.5. The first-order valence-electron chi connectivity index (χ1n) is 7.18. The van der Waals surface area contributed by atoms with Crippen LogP contribution >= 0.6 is 0 Å². The Morgan fingerprint density at radius 3 is 2.13 bits per heavy atom. The van der Waals surface area contributed by atoms with Gasteiger partial charge in [-0.1, -0.05) is 48.5 Å².